The summed E-state index contributed by atoms with van der Waals surface area (Å²) in [6.07, 6.45) is 4.91. The Hall–Kier alpha value is -1.55. The zero-order valence-corrected chi connectivity index (χ0v) is 9.75. The molecular weight excluding hydrogens is 200 g/mol. The number of H-pyrrole nitrogens is 2. The molecule has 4 heteroatoms. The molecule has 2 heterocycles. The molecule has 2 rings (SSSR count). The van der Waals surface area contributed by atoms with Gasteiger partial charge in [-0.3, -0.25) is 5.10 Å². The lowest BCUT2D eigenvalue weighted by Gasteiger charge is -2.11. The van der Waals surface area contributed by atoms with E-state index in [9.17, 15) is 0 Å². The van der Waals surface area contributed by atoms with Crippen molar-refractivity contribution < 1.29 is 0 Å². The molecule has 4 nitrogen and oxygen atoms in total. The molecular formula is C12H18N4. The second kappa shape index (κ2) is 4.99. The number of aryl methyl sites for hydroxylation is 1. The molecule has 0 aromatic carbocycles. The van der Waals surface area contributed by atoms with Gasteiger partial charge >= 0.3 is 0 Å². The Bertz CT molecular complexity index is 416. The summed E-state index contributed by atoms with van der Waals surface area (Å²) in [6, 6.07) is 4.60. The smallest absolute Gasteiger partial charge is 0.0640 e. The predicted molar refractivity (Wildman–Crippen MR) is 64.1 cm³/mol. The van der Waals surface area contributed by atoms with Gasteiger partial charge in [-0.05, 0) is 31.5 Å². The second-order valence-corrected chi connectivity index (χ2v) is 4.25. The lowest BCUT2D eigenvalue weighted by molar-refractivity contribution is 0.540. The van der Waals surface area contributed by atoms with Crippen LogP contribution < -0.4 is 5.32 Å². The van der Waals surface area contributed by atoms with Crippen molar-refractivity contribution in [2.75, 3.05) is 0 Å². The molecule has 1 unspecified atom stereocenters. The molecule has 0 amide bonds. The first-order valence-corrected chi connectivity index (χ1v) is 5.60. The van der Waals surface area contributed by atoms with Gasteiger partial charge in [0.15, 0.2) is 0 Å². The van der Waals surface area contributed by atoms with Crippen molar-refractivity contribution in [2.24, 2.45) is 0 Å². The number of hydrogen-bond donors (Lipinski definition) is 3. The quantitative estimate of drug-likeness (QED) is 0.716. The summed E-state index contributed by atoms with van der Waals surface area (Å²) in [5.74, 6) is 0. The summed E-state index contributed by atoms with van der Waals surface area (Å²) < 4.78 is 0. The predicted octanol–water partition coefficient (Wildman–Crippen LogP) is 1.77. The van der Waals surface area contributed by atoms with Gasteiger partial charge in [-0.15, -0.1) is 0 Å². The molecule has 0 fully saturated rings. The summed E-state index contributed by atoms with van der Waals surface area (Å²) in [5, 5.41) is 10.7. The molecule has 0 aliphatic carbocycles. The highest BCUT2D eigenvalue weighted by Crippen LogP contribution is 2.03. The van der Waals surface area contributed by atoms with Gasteiger partial charge in [-0.2, -0.15) is 5.10 Å². The molecule has 0 saturated heterocycles. The summed E-state index contributed by atoms with van der Waals surface area (Å²) in [6.45, 7) is 5.10. The summed E-state index contributed by atoms with van der Waals surface area (Å²) in [4.78, 5) is 3.05. The molecule has 16 heavy (non-hydrogen) atoms. The van der Waals surface area contributed by atoms with E-state index in [0.717, 1.165) is 24.4 Å². The van der Waals surface area contributed by atoms with Crippen LogP contribution in [-0.4, -0.2) is 21.2 Å². The van der Waals surface area contributed by atoms with E-state index < -0.39 is 0 Å². The third kappa shape index (κ3) is 2.97. The number of aromatic amines is 2. The van der Waals surface area contributed by atoms with Crippen molar-refractivity contribution in [2.45, 2.75) is 32.9 Å². The van der Waals surface area contributed by atoms with E-state index in [0.29, 0.717) is 6.04 Å². The molecule has 0 aliphatic rings. The molecule has 0 saturated carbocycles. The minimum atomic E-state index is 0.428. The van der Waals surface area contributed by atoms with Crippen LogP contribution >= 0.6 is 0 Å². The molecule has 3 N–H and O–H groups in total. The zero-order valence-electron chi connectivity index (χ0n) is 9.75. The molecule has 0 bridgehead atoms. The van der Waals surface area contributed by atoms with Gasteiger partial charge < -0.3 is 10.3 Å². The Labute approximate surface area is 95.5 Å². The Morgan fingerprint density at radius 2 is 2.38 bits per heavy atom. The molecule has 1 atom stereocenters. The van der Waals surface area contributed by atoms with Crippen LogP contribution in [0.2, 0.25) is 0 Å². The maximum Gasteiger partial charge on any atom is 0.0640 e. The molecule has 0 spiro atoms. The topological polar surface area (TPSA) is 56.5 Å². The Kier molecular flexibility index (Phi) is 3.41. The van der Waals surface area contributed by atoms with Crippen LogP contribution in [0.15, 0.2) is 24.5 Å². The van der Waals surface area contributed by atoms with Crippen molar-refractivity contribution in [3.05, 3.63) is 41.5 Å². The van der Waals surface area contributed by atoms with Crippen molar-refractivity contribution in [3.63, 3.8) is 0 Å². The van der Waals surface area contributed by atoms with E-state index in [4.69, 9.17) is 0 Å². The Balaban J connectivity index is 1.78. The second-order valence-electron chi connectivity index (χ2n) is 4.25. The average Bonchev–Trinajstić information content (AvgIpc) is 2.87. The maximum absolute atomic E-state index is 4.23. The number of nitrogens with one attached hydrogen (secondary N) is 3. The molecule has 2 aromatic rings. The normalized spacial score (nSPS) is 12.9. The Morgan fingerprint density at radius 3 is 3.00 bits per heavy atom. The first-order valence-electron chi connectivity index (χ1n) is 5.60. The highest BCUT2D eigenvalue weighted by molar-refractivity contribution is 5.09. The van der Waals surface area contributed by atoms with Gasteiger partial charge in [-0.25, -0.2) is 0 Å². The number of aromatic nitrogens is 3. The SMILES string of the molecule is Cc1cc(CC(C)NCc2cc[nH]c2)n[nH]1. The van der Waals surface area contributed by atoms with Crippen molar-refractivity contribution in [3.8, 4) is 0 Å². The van der Waals surface area contributed by atoms with Crippen LogP contribution in [0.25, 0.3) is 0 Å². The van der Waals surface area contributed by atoms with E-state index in [-0.39, 0.29) is 0 Å². The molecule has 2 aromatic heterocycles. The minimum Gasteiger partial charge on any atom is -0.367 e. The number of rotatable bonds is 5. The summed E-state index contributed by atoms with van der Waals surface area (Å²) >= 11 is 0. The van der Waals surface area contributed by atoms with Crippen molar-refractivity contribution in [1.29, 1.82) is 0 Å². The van der Waals surface area contributed by atoms with Crippen LogP contribution in [-0.2, 0) is 13.0 Å². The highest BCUT2D eigenvalue weighted by Gasteiger charge is 2.05. The summed E-state index contributed by atoms with van der Waals surface area (Å²) in [7, 11) is 0. The maximum atomic E-state index is 4.23. The monoisotopic (exact) mass is 218 g/mol. The van der Waals surface area contributed by atoms with Gasteiger partial charge in [-0.1, -0.05) is 0 Å². The summed E-state index contributed by atoms with van der Waals surface area (Å²) in [5.41, 5.74) is 3.52. The van der Waals surface area contributed by atoms with Gasteiger partial charge in [0.1, 0.15) is 0 Å². The van der Waals surface area contributed by atoms with E-state index in [1.807, 2.05) is 19.3 Å². The van der Waals surface area contributed by atoms with Crippen LogP contribution in [0, 0.1) is 6.92 Å². The highest BCUT2D eigenvalue weighted by atomic mass is 15.1. The average molecular weight is 218 g/mol. The fourth-order valence-corrected chi connectivity index (χ4v) is 1.73. The first-order chi connectivity index (χ1) is 7.74. The minimum absolute atomic E-state index is 0.428. The van der Waals surface area contributed by atoms with Crippen LogP contribution in [0.4, 0.5) is 0 Å². The van der Waals surface area contributed by atoms with Gasteiger partial charge in [0.05, 0.1) is 5.69 Å². The van der Waals surface area contributed by atoms with Crippen molar-refractivity contribution >= 4 is 0 Å². The van der Waals surface area contributed by atoms with Crippen LogP contribution in [0.1, 0.15) is 23.9 Å². The van der Waals surface area contributed by atoms with Crippen LogP contribution in [0.5, 0.6) is 0 Å². The lowest BCUT2D eigenvalue weighted by Crippen LogP contribution is -2.27. The van der Waals surface area contributed by atoms with E-state index in [1.165, 1.54) is 5.56 Å². The van der Waals surface area contributed by atoms with E-state index in [1.54, 1.807) is 0 Å². The fraction of sp³-hybridized carbons (Fsp3) is 0.417. The lowest BCUT2D eigenvalue weighted by atomic mass is 10.1. The molecule has 0 radical (unpaired) electrons. The standard InChI is InChI=1S/C12H18N4/c1-9(5-12-6-10(2)15-16-12)14-8-11-3-4-13-7-11/h3-4,6-7,9,13-14H,5,8H2,1-2H3,(H,15,16). The van der Waals surface area contributed by atoms with Gasteiger partial charge in [0, 0.05) is 37.1 Å². The fourth-order valence-electron chi connectivity index (χ4n) is 1.73. The van der Waals surface area contributed by atoms with Crippen molar-refractivity contribution in [1.82, 2.24) is 20.5 Å². The van der Waals surface area contributed by atoms with E-state index in [2.05, 4.69) is 39.6 Å². The zero-order chi connectivity index (χ0) is 11.4. The third-order valence-electron chi connectivity index (χ3n) is 2.59. The number of hydrogen-bond acceptors (Lipinski definition) is 2. The van der Waals surface area contributed by atoms with Gasteiger partial charge in [0.2, 0.25) is 0 Å². The Morgan fingerprint density at radius 1 is 1.50 bits per heavy atom. The molecule has 0 aliphatic heterocycles. The molecule has 86 valence electrons. The van der Waals surface area contributed by atoms with Gasteiger partial charge in [0.25, 0.3) is 0 Å². The van der Waals surface area contributed by atoms with E-state index >= 15 is 0 Å². The largest absolute Gasteiger partial charge is 0.367 e. The first kappa shape index (κ1) is 11.0. The third-order valence-corrected chi connectivity index (χ3v) is 2.59. The number of nitrogens with zero attached hydrogens (tertiary/aromatic N) is 1. The van der Waals surface area contributed by atoms with Crippen LogP contribution in [0.3, 0.4) is 0 Å².